The molecule has 0 aromatic heterocycles. The summed E-state index contributed by atoms with van der Waals surface area (Å²) in [6.07, 6.45) is 11.1. The van der Waals surface area contributed by atoms with Gasteiger partial charge in [-0.05, 0) is 58.3 Å². The van der Waals surface area contributed by atoms with Crippen molar-refractivity contribution in [3.05, 3.63) is 25.3 Å². The number of carbonyl (C=O) groups is 3. The second kappa shape index (κ2) is 13.1. The Balaban J connectivity index is 1.92. The van der Waals surface area contributed by atoms with Crippen LogP contribution in [0.1, 0.15) is 78.1 Å². The molecule has 0 aliphatic carbocycles. The summed E-state index contributed by atoms with van der Waals surface area (Å²) in [6.45, 7) is 13.3. The first kappa shape index (κ1) is 29.4. The van der Waals surface area contributed by atoms with Crippen LogP contribution >= 0.6 is 0 Å². The molecule has 2 unspecified atom stereocenters. The number of likely N-dealkylation sites (tertiary alicyclic amines) is 1. The average Bonchev–Trinajstić information content (AvgIpc) is 3.44. The first-order valence-electron chi connectivity index (χ1n) is 14.1. The first-order chi connectivity index (χ1) is 17.8. The Morgan fingerprint density at radius 3 is 2.62 bits per heavy atom. The zero-order valence-electron chi connectivity index (χ0n) is 22.8. The summed E-state index contributed by atoms with van der Waals surface area (Å²) in [5.74, 6) is -2.19. The van der Waals surface area contributed by atoms with E-state index in [-0.39, 0.29) is 25.0 Å². The molecule has 3 aliphatic heterocycles. The molecule has 37 heavy (non-hydrogen) atoms. The average molecular weight is 519 g/mol. The van der Waals surface area contributed by atoms with Crippen LogP contribution in [0.25, 0.3) is 0 Å². The van der Waals surface area contributed by atoms with Gasteiger partial charge in [-0.15, -0.1) is 13.2 Å². The topological polar surface area (TPSA) is 96.4 Å². The number of hydrogen-bond acceptors (Lipinski definition) is 6. The molecule has 0 radical (unpaired) electrons. The summed E-state index contributed by atoms with van der Waals surface area (Å²) >= 11 is 0. The monoisotopic (exact) mass is 518 g/mol. The maximum Gasteiger partial charge on any atom is 0.312 e. The molecule has 0 aromatic carbocycles. The number of aliphatic hydroxyl groups excluding tert-OH is 1. The van der Waals surface area contributed by atoms with E-state index in [0.29, 0.717) is 51.7 Å². The lowest BCUT2D eigenvalue weighted by molar-refractivity contribution is -0.160. The molecule has 2 amide bonds. The van der Waals surface area contributed by atoms with Crippen LogP contribution in [0.3, 0.4) is 0 Å². The second-order valence-electron chi connectivity index (χ2n) is 10.9. The molecule has 1 spiro atoms. The number of rotatable bonds is 17. The van der Waals surface area contributed by atoms with Gasteiger partial charge in [0.05, 0.1) is 18.1 Å². The first-order valence-corrected chi connectivity index (χ1v) is 14.1. The third kappa shape index (κ3) is 5.80. The van der Waals surface area contributed by atoms with Gasteiger partial charge < -0.3 is 24.4 Å². The van der Waals surface area contributed by atoms with E-state index >= 15 is 0 Å². The van der Waals surface area contributed by atoms with Gasteiger partial charge in [0, 0.05) is 26.2 Å². The standard InChI is InChI=1S/C29H46N2O6/c1-5-8-11-18-30(17-7-3)26(34)24-29-16-15-28(4,37-29)23(27(35)36-21-14-9-6-2)22(29)25(33)31(24)19-12-10-13-20-32/h6-7,22-24,32H,2-3,5,8-21H2,1,4H3/t22-,23-,24?,28+,29?/m0/s1. The Morgan fingerprint density at radius 2 is 1.95 bits per heavy atom. The van der Waals surface area contributed by atoms with Gasteiger partial charge in [-0.25, -0.2) is 0 Å². The Bertz CT molecular complexity index is 846. The van der Waals surface area contributed by atoms with Gasteiger partial charge in [-0.1, -0.05) is 31.9 Å². The van der Waals surface area contributed by atoms with Crippen LogP contribution in [-0.2, 0) is 23.9 Å². The molecule has 3 rings (SSSR count). The van der Waals surface area contributed by atoms with Crippen molar-refractivity contribution in [1.29, 1.82) is 0 Å². The van der Waals surface area contributed by atoms with E-state index in [4.69, 9.17) is 9.47 Å². The zero-order valence-corrected chi connectivity index (χ0v) is 22.8. The fraction of sp³-hybridized carbons (Fsp3) is 0.759. The van der Waals surface area contributed by atoms with Crippen molar-refractivity contribution in [2.45, 2.75) is 95.3 Å². The van der Waals surface area contributed by atoms with Crippen LogP contribution in [0.2, 0.25) is 0 Å². The van der Waals surface area contributed by atoms with Crippen molar-refractivity contribution in [2.24, 2.45) is 11.8 Å². The lowest BCUT2D eigenvalue weighted by atomic mass is 9.66. The number of fused-ring (bicyclic) bond motifs is 1. The number of esters is 1. The third-order valence-electron chi connectivity index (χ3n) is 8.31. The fourth-order valence-electron chi connectivity index (χ4n) is 6.54. The summed E-state index contributed by atoms with van der Waals surface area (Å²) in [6, 6.07) is -0.777. The van der Waals surface area contributed by atoms with Gasteiger partial charge in [-0.3, -0.25) is 14.4 Å². The van der Waals surface area contributed by atoms with Crippen molar-refractivity contribution in [3.8, 4) is 0 Å². The highest BCUT2D eigenvalue weighted by atomic mass is 16.6. The molecule has 0 aromatic rings. The predicted molar refractivity (Wildman–Crippen MR) is 142 cm³/mol. The molecule has 1 N–H and O–H groups in total. The van der Waals surface area contributed by atoms with E-state index in [0.717, 1.165) is 32.1 Å². The normalized spacial score (nSPS) is 29.9. The molecule has 8 nitrogen and oxygen atoms in total. The number of amides is 2. The van der Waals surface area contributed by atoms with Crippen LogP contribution in [0.4, 0.5) is 0 Å². The van der Waals surface area contributed by atoms with Crippen LogP contribution in [0, 0.1) is 11.8 Å². The highest BCUT2D eigenvalue weighted by Gasteiger charge is 2.78. The molecule has 3 fully saturated rings. The third-order valence-corrected chi connectivity index (χ3v) is 8.31. The minimum absolute atomic E-state index is 0.0919. The summed E-state index contributed by atoms with van der Waals surface area (Å²) in [7, 11) is 0. The van der Waals surface area contributed by atoms with Gasteiger partial charge in [0.2, 0.25) is 11.8 Å². The minimum Gasteiger partial charge on any atom is -0.465 e. The van der Waals surface area contributed by atoms with Crippen molar-refractivity contribution in [1.82, 2.24) is 9.80 Å². The lowest BCUT2D eigenvalue weighted by Gasteiger charge is -2.37. The second-order valence-corrected chi connectivity index (χ2v) is 10.9. The zero-order chi connectivity index (χ0) is 27.1. The Morgan fingerprint density at radius 1 is 1.16 bits per heavy atom. The fourth-order valence-corrected chi connectivity index (χ4v) is 6.54. The lowest BCUT2D eigenvalue weighted by Crippen LogP contribution is -2.56. The molecular formula is C29H46N2O6. The van der Waals surface area contributed by atoms with Crippen molar-refractivity contribution in [2.75, 3.05) is 32.8 Å². The largest absolute Gasteiger partial charge is 0.465 e. The van der Waals surface area contributed by atoms with E-state index in [1.165, 1.54) is 0 Å². The van der Waals surface area contributed by atoms with Gasteiger partial charge in [-0.2, -0.15) is 0 Å². The number of allylic oxidation sites excluding steroid dienone is 1. The molecule has 2 bridgehead atoms. The van der Waals surface area contributed by atoms with Crippen LogP contribution in [-0.4, -0.2) is 82.8 Å². The van der Waals surface area contributed by atoms with Crippen LogP contribution < -0.4 is 0 Å². The molecule has 5 atom stereocenters. The van der Waals surface area contributed by atoms with Gasteiger partial charge in [0.1, 0.15) is 17.6 Å². The van der Waals surface area contributed by atoms with E-state index in [1.807, 2.05) is 6.92 Å². The molecule has 208 valence electrons. The number of aliphatic hydroxyl groups is 1. The SMILES string of the molecule is C=CCCCOC(=O)[C@@H]1[C@H]2C(=O)N(CCCCCO)C(C(=O)N(CC=C)CCCCC)C23CC[C@@]1(C)O3. The quantitative estimate of drug-likeness (QED) is 0.179. The van der Waals surface area contributed by atoms with E-state index < -0.39 is 35.0 Å². The highest BCUT2D eigenvalue weighted by molar-refractivity contribution is 5.98. The maximum atomic E-state index is 14.2. The van der Waals surface area contributed by atoms with Gasteiger partial charge in [0.15, 0.2) is 0 Å². The number of carbonyl (C=O) groups excluding carboxylic acids is 3. The Labute approximate surface area is 222 Å². The summed E-state index contributed by atoms with van der Waals surface area (Å²) < 4.78 is 12.3. The molecule has 3 aliphatic rings. The number of unbranched alkanes of at least 4 members (excludes halogenated alkanes) is 5. The Hall–Kier alpha value is -2.19. The molecular weight excluding hydrogens is 472 g/mol. The van der Waals surface area contributed by atoms with Crippen molar-refractivity contribution >= 4 is 17.8 Å². The molecule has 8 heteroatoms. The predicted octanol–water partition coefficient (Wildman–Crippen LogP) is 3.63. The smallest absolute Gasteiger partial charge is 0.312 e. The summed E-state index contributed by atoms with van der Waals surface area (Å²) in [5.41, 5.74) is -1.86. The van der Waals surface area contributed by atoms with Crippen LogP contribution in [0.5, 0.6) is 0 Å². The molecule has 3 heterocycles. The van der Waals surface area contributed by atoms with Crippen molar-refractivity contribution < 1.29 is 29.0 Å². The van der Waals surface area contributed by atoms with Gasteiger partial charge in [0.25, 0.3) is 0 Å². The number of nitrogens with zero attached hydrogens (tertiary/aromatic N) is 2. The van der Waals surface area contributed by atoms with E-state index in [2.05, 4.69) is 20.1 Å². The number of ether oxygens (including phenoxy) is 2. The van der Waals surface area contributed by atoms with E-state index in [1.54, 1.807) is 22.0 Å². The van der Waals surface area contributed by atoms with Crippen LogP contribution in [0.15, 0.2) is 25.3 Å². The van der Waals surface area contributed by atoms with Crippen molar-refractivity contribution in [3.63, 3.8) is 0 Å². The Kier molecular flexibility index (Phi) is 10.4. The van der Waals surface area contributed by atoms with Gasteiger partial charge >= 0.3 is 5.97 Å². The van der Waals surface area contributed by atoms with E-state index in [9.17, 15) is 19.5 Å². The summed E-state index contributed by atoms with van der Waals surface area (Å²) in [4.78, 5) is 45.0. The maximum absolute atomic E-state index is 14.2. The molecule has 0 saturated carbocycles. The molecule has 3 saturated heterocycles. The number of hydrogen-bond donors (Lipinski definition) is 1. The highest BCUT2D eigenvalue weighted by Crippen LogP contribution is 2.63. The minimum atomic E-state index is -1.03. The summed E-state index contributed by atoms with van der Waals surface area (Å²) in [5, 5.41) is 9.20.